The van der Waals surface area contributed by atoms with Crippen molar-refractivity contribution >= 4 is 5.91 Å². The van der Waals surface area contributed by atoms with Crippen molar-refractivity contribution in [2.45, 2.75) is 27.2 Å². The van der Waals surface area contributed by atoms with E-state index in [0.717, 1.165) is 0 Å². The first kappa shape index (κ1) is 12.1. The van der Waals surface area contributed by atoms with Crippen molar-refractivity contribution in [3.05, 3.63) is 0 Å². The third-order valence-corrected chi connectivity index (χ3v) is 0.709. The Kier molecular flexibility index (Phi) is 13.7. The van der Waals surface area contributed by atoms with Gasteiger partial charge in [-0.1, -0.05) is 13.8 Å². The monoisotopic (exact) mass is 149 g/mol. The molecule has 10 heavy (non-hydrogen) atoms. The van der Waals surface area contributed by atoms with Gasteiger partial charge in [0.15, 0.2) is 0 Å². The van der Waals surface area contributed by atoms with Gasteiger partial charge in [-0.15, -0.1) is 0 Å². The first-order chi connectivity index (χ1) is 4.77. The number of carbonyl (C=O) groups excluding carboxylic acids is 1. The van der Waals surface area contributed by atoms with Crippen LogP contribution in [-0.4, -0.2) is 24.2 Å². The van der Waals surface area contributed by atoms with Gasteiger partial charge in [0, 0.05) is 21.5 Å². The molecule has 0 rings (SSSR count). The number of rotatable bonds is 3. The molecular weight excluding hydrogens is 130 g/mol. The second kappa shape index (κ2) is 11.3. The molecule has 0 saturated carbocycles. The highest BCUT2D eigenvalue weighted by Gasteiger charge is 1.86. The molecule has 0 heterocycles. The van der Waals surface area contributed by atoms with Crippen LogP contribution in [0.4, 0.5) is 0 Å². The Morgan fingerprint density at radius 3 is 2.40 bits per heavy atom. The van der Waals surface area contributed by atoms with Gasteiger partial charge in [0.05, 0.1) is 0 Å². The molecule has 0 radical (unpaired) electrons. The van der Waals surface area contributed by atoms with Gasteiger partial charge in [0.1, 0.15) is 0 Å². The Balaban J connectivity index is -0.000000196. The van der Waals surface area contributed by atoms with E-state index >= 15 is 0 Å². The van der Waals surface area contributed by atoms with Crippen molar-refractivity contribution in [3.8, 4) is 0 Å². The topological polar surface area (TPSA) is 49.3 Å². The molecule has 0 aromatic rings. The summed E-state index contributed by atoms with van der Waals surface area (Å²) in [5.74, 6) is -0.0431. The maximum atomic E-state index is 10.1. The van der Waals surface area contributed by atoms with Gasteiger partial charge < -0.3 is 10.4 Å². The van der Waals surface area contributed by atoms with Crippen LogP contribution in [0, 0.1) is 0 Å². The first-order valence-corrected chi connectivity index (χ1v) is 3.62. The van der Waals surface area contributed by atoms with Crippen LogP contribution >= 0.6 is 0 Å². The van der Waals surface area contributed by atoms with Gasteiger partial charge in [-0.05, 0) is 6.42 Å². The van der Waals surface area contributed by atoms with E-state index in [-0.39, 0.29) is 13.9 Å². The summed E-state index contributed by atoms with van der Waals surface area (Å²) in [6.45, 7) is 6.17. The summed E-state index contributed by atoms with van der Waals surface area (Å²) in [5.41, 5.74) is 0. The van der Waals surface area contributed by atoms with Gasteiger partial charge in [0.25, 0.3) is 0 Å². The average Bonchev–Trinajstić information content (AvgIpc) is 1.92. The van der Waals surface area contributed by atoms with Crippen LogP contribution in [-0.2, 0) is 4.79 Å². The molecule has 0 spiro atoms. The lowest BCUT2D eigenvalue weighted by Crippen LogP contribution is -2.21. The Morgan fingerprint density at radius 1 is 1.60 bits per heavy atom. The van der Waals surface area contributed by atoms with Gasteiger partial charge in [-0.2, -0.15) is 0 Å². The minimum Gasteiger partial charge on any atom is -0.396 e. The molecule has 0 fully saturated rings. The van der Waals surface area contributed by atoms with Crippen LogP contribution in [0.3, 0.4) is 0 Å². The lowest BCUT2D eigenvalue weighted by molar-refractivity contribution is -0.118. The Hall–Kier alpha value is -0.570. The van der Waals surface area contributed by atoms with Crippen molar-refractivity contribution in [1.29, 1.82) is 0 Å². The predicted octanol–water partition coefficient (Wildman–Crippen LogP) is 0.777. The molecule has 3 heteroatoms. The Labute approximate surface area is 63.9 Å². The van der Waals surface area contributed by atoms with Gasteiger partial charge in [-0.3, -0.25) is 4.79 Å². The third kappa shape index (κ3) is 15.7. The second-order valence-electron chi connectivity index (χ2n) is 1.56. The lowest BCUT2D eigenvalue weighted by Gasteiger charge is -1.96. The molecule has 0 aromatic heterocycles. The number of aliphatic hydroxyl groups excluding tert-OH is 1. The molecule has 0 saturated heterocycles. The maximum absolute atomic E-state index is 10.1. The molecule has 0 bridgehead atoms. The van der Waals surface area contributed by atoms with E-state index in [1.165, 1.54) is 6.92 Å². The second-order valence-corrected chi connectivity index (χ2v) is 1.56. The lowest BCUT2D eigenvalue weighted by atomic mass is 10.4. The zero-order chi connectivity index (χ0) is 8.41. The maximum Gasteiger partial charge on any atom is 0.216 e. The number of amides is 1. The highest BCUT2D eigenvalue weighted by atomic mass is 16.3. The van der Waals surface area contributed by atoms with Crippen molar-refractivity contribution in [3.63, 3.8) is 0 Å². The zero-order valence-corrected chi connectivity index (χ0v) is 6.98. The number of hydrogen-bond donors (Lipinski definition) is 2. The first-order valence-electron chi connectivity index (χ1n) is 3.62. The quantitative estimate of drug-likeness (QED) is 0.582. The van der Waals surface area contributed by atoms with Crippen molar-refractivity contribution < 1.29 is 11.3 Å². The average molecular weight is 149 g/mol. The molecule has 2 N–H and O–H groups in total. The molecular formula is C7H19NO2. The molecule has 64 valence electrons. The van der Waals surface area contributed by atoms with Crippen LogP contribution in [0.15, 0.2) is 0 Å². The summed E-state index contributed by atoms with van der Waals surface area (Å²) >= 11 is 0. The summed E-state index contributed by atoms with van der Waals surface area (Å²) in [4.78, 5) is 10.1. The Bertz CT molecular complexity index is 78.8. The molecule has 0 aliphatic rings. The SMILES string of the molecule is CC.CC(=O)NCCCO.[HH]. The molecule has 0 atom stereocenters. The van der Waals surface area contributed by atoms with Gasteiger partial charge >= 0.3 is 0 Å². The van der Waals surface area contributed by atoms with E-state index in [1.54, 1.807) is 0 Å². The summed E-state index contributed by atoms with van der Waals surface area (Å²) in [7, 11) is 0. The summed E-state index contributed by atoms with van der Waals surface area (Å²) in [5, 5.41) is 10.8. The van der Waals surface area contributed by atoms with E-state index < -0.39 is 0 Å². The van der Waals surface area contributed by atoms with Gasteiger partial charge in [0.2, 0.25) is 5.91 Å². The fourth-order valence-electron chi connectivity index (χ4n) is 0.343. The minimum absolute atomic E-state index is 0. The van der Waals surface area contributed by atoms with Crippen molar-refractivity contribution in [2.75, 3.05) is 13.2 Å². The predicted molar refractivity (Wildman–Crippen MR) is 43.8 cm³/mol. The van der Waals surface area contributed by atoms with Crippen molar-refractivity contribution in [1.82, 2.24) is 5.32 Å². The summed E-state index contributed by atoms with van der Waals surface area (Å²) < 4.78 is 0. The van der Waals surface area contributed by atoms with E-state index in [2.05, 4.69) is 5.32 Å². The molecule has 1 amide bonds. The van der Waals surface area contributed by atoms with Crippen LogP contribution in [0.1, 0.15) is 28.6 Å². The highest BCUT2D eigenvalue weighted by molar-refractivity contribution is 5.72. The number of hydrogen-bond acceptors (Lipinski definition) is 2. The summed E-state index contributed by atoms with van der Waals surface area (Å²) in [6, 6.07) is 0. The fraction of sp³-hybridized carbons (Fsp3) is 0.857. The van der Waals surface area contributed by atoms with Crippen molar-refractivity contribution in [2.24, 2.45) is 0 Å². The van der Waals surface area contributed by atoms with Gasteiger partial charge in [-0.25, -0.2) is 0 Å². The standard InChI is InChI=1S/C5H11NO2.C2H6.H2/c1-5(8)6-3-2-4-7;1-2;/h7H,2-4H2,1H3,(H,6,8);1-2H3;1H. The molecule has 0 aliphatic carbocycles. The van der Waals surface area contributed by atoms with E-state index in [0.29, 0.717) is 13.0 Å². The zero-order valence-electron chi connectivity index (χ0n) is 6.98. The number of carbonyl (C=O) groups is 1. The van der Waals surface area contributed by atoms with Crippen LogP contribution in [0.5, 0.6) is 0 Å². The molecule has 0 aliphatic heterocycles. The smallest absolute Gasteiger partial charge is 0.216 e. The van der Waals surface area contributed by atoms with Crippen LogP contribution in [0.25, 0.3) is 0 Å². The van der Waals surface area contributed by atoms with Crippen LogP contribution in [0.2, 0.25) is 0 Å². The minimum atomic E-state index is -0.0431. The third-order valence-electron chi connectivity index (χ3n) is 0.709. The van der Waals surface area contributed by atoms with E-state index in [4.69, 9.17) is 5.11 Å². The molecule has 0 unspecified atom stereocenters. The van der Waals surface area contributed by atoms with Crippen LogP contribution < -0.4 is 5.32 Å². The largest absolute Gasteiger partial charge is 0.396 e. The highest BCUT2D eigenvalue weighted by Crippen LogP contribution is 1.70. The normalized spacial score (nSPS) is 7.60. The molecule has 0 aromatic carbocycles. The number of nitrogens with one attached hydrogen (secondary N) is 1. The van der Waals surface area contributed by atoms with E-state index in [1.807, 2.05) is 13.8 Å². The Morgan fingerprint density at radius 2 is 2.10 bits per heavy atom. The summed E-state index contributed by atoms with van der Waals surface area (Å²) in [6.07, 6.45) is 0.638. The van der Waals surface area contributed by atoms with E-state index in [9.17, 15) is 4.79 Å². The molecule has 3 nitrogen and oxygen atoms in total. The number of aliphatic hydroxyl groups is 1. The fourth-order valence-corrected chi connectivity index (χ4v) is 0.343.